The van der Waals surface area contributed by atoms with Crippen molar-refractivity contribution in [3.63, 3.8) is 0 Å². The second-order valence-electron chi connectivity index (χ2n) is 7.79. The Balaban J connectivity index is 1.43. The lowest BCUT2D eigenvalue weighted by Crippen LogP contribution is -2.27. The predicted octanol–water partition coefficient (Wildman–Crippen LogP) is 5.50. The maximum absolute atomic E-state index is 12.7. The Labute approximate surface area is 202 Å². The van der Waals surface area contributed by atoms with Gasteiger partial charge < -0.3 is 4.84 Å². The molecule has 0 spiro atoms. The van der Waals surface area contributed by atoms with Gasteiger partial charge in [-0.25, -0.2) is 4.79 Å². The highest BCUT2D eigenvalue weighted by Crippen LogP contribution is 2.48. The molecule has 5 aromatic rings. The molecule has 34 heavy (non-hydrogen) atoms. The number of carbonyl (C=O) groups excluding carboxylic acids is 1. The lowest BCUT2D eigenvalue weighted by molar-refractivity contribution is -0.144. The third kappa shape index (κ3) is 4.32. The molecule has 0 saturated heterocycles. The van der Waals surface area contributed by atoms with Gasteiger partial charge >= 0.3 is 5.97 Å². The number of thioether (sulfide) groups is 1. The van der Waals surface area contributed by atoms with Crippen molar-refractivity contribution in [1.29, 1.82) is 0 Å². The molecule has 0 aliphatic rings. The van der Waals surface area contributed by atoms with Gasteiger partial charge in [0.05, 0.1) is 11.2 Å². The molecule has 0 aliphatic heterocycles. The van der Waals surface area contributed by atoms with Crippen molar-refractivity contribution in [2.75, 3.05) is 5.75 Å². The summed E-state index contributed by atoms with van der Waals surface area (Å²) in [5.41, 5.74) is 4.82. The van der Waals surface area contributed by atoms with E-state index in [2.05, 4.69) is 83.1 Å². The summed E-state index contributed by atoms with van der Waals surface area (Å²) in [6.45, 7) is 0. The van der Waals surface area contributed by atoms with Crippen LogP contribution in [0.4, 0.5) is 0 Å². The first-order valence-corrected chi connectivity index (χ1v) is 12.1. The summed E-state index contributed by atoms with van der Waals surface area (Å²) in [4.78, 5) is 19.4. The van der Waals surface area contributed by atoms with Crippen molar-refractivity contribution < 1.29 is 9.63 Å². The molecule has 0 fully saturated rings. The van der Waals surface area contributed by atoms with Crippen LogP contribution in [-0.4, -0.2) is 26.9 Å². The molecule has 0 amide bonds. The Kier molecular flexibility index (Phi) is 6.40. The molecule has 1 aromatic heterocycles. The molecule has 0 unspecified atom stereocenters. The van der Waals surface area contributed by atoms with Gasteiger partial charge in [0, 0.05) is 5.75 Å². The fourth-order valence-electron chi connectivity index (χ4n) is 4.11. The van der Waals surface area contributed by atoms with Gasteiger partial charge in [-0.1, -0.05) is 108 Å². The highest BCUT2D eigenvalue weighted by atomic mass is 32.2. The van der Waals surface area contributed by atoms with Crippen molar-refractivity contribution in [1.82, 2.24) is 15.2 Å². The molecular weight excluding hydrogens is 442 g/mol. The van der Waals surface area contributed by atoms with Crippen LogP contribution >= 0.6 is 11.8 Å². The number of hydrogen-bond acceptors (Lipinski definition) is 5. The largest absolute Gasteiger partial charge is 0.335 e. The zero-order chi connectivity index (χ0) is 23.2. The Hall–Kier alpha value is -3.90. The number of carbonyl (C=O) groups is 1. The normalized spacial score (nSPS) is 11.4. The second kappa shape index (κ2) is 9.93. The highest BCUT2D eigenvalue weighted by molar-refractivity contribution is 8.00. The topological polar surface area (TPSA) is 57.0 Å². The van der Waals surface area contributed by atoms with E-state index in [9.17, 15) is 4.79 Å². The van der Waals surface area contributed by atoms with E-state index >= 15 is 0 Å². The van der Waals surface area contributed by atoms with Crippen molar-refractivity contribution in [3.8, 4) is 0 Å². The van der Waals surface area contributed by atoms with E-state index in [-0.39, 0.29) is 12.4 Å². The van der Waals surface area contributed by atoms with Gasteiger partial charge in [-0.05, 0) is 34.0 Å². The minimum absolute atomic E-state index is 0.229. The summed E-state index contributed by atoms with van der Waals surface area (Å²) >= 11 is 1.73. The molecular formula is C28H23N3O2S. The first kappa shape index (κ1) is 21.9. The highest BCUT2D eigenvalue weighted by Gasteiger charge is 2.36. The van der Waals surface area contributed by atoms with E-state index in [1.54, 1.807) is 11.8 Å². The van der Waals surface area contributed by atoms with Gasteiger partial charge in [-0.2, -0.15) is 0 Å². The van der Waals surface area contributed by atoms with E-state index in [1.807, 2.05) is 42.5 Å². The Morgan fingerprint density at radius 2 is 1.24 bits per heavy atom. The molecule has 0 aliphatic carbocycles. The standard InChI is InChI=1S/C28H23N3O2S/c32-27(33-31-26-19-11-10-18-25(26)29-30-31)20-21-34-28(22-12-4-1-5-13-22,23-14-6-2-7-15-23)24-16-8-3-9-17-24/h1-19H,20-21H2. The third-order valence-electron chi connectivity index (χ3n) is 5.68. The van der Waals surface area contributed by atoms with Crippen LogP contribution in [0.2, 0.25) is 0 Å². The SMILES string of the molecule is O=C(CCSC(c1ccccc1)(c1ccccc1)c1ccccc1)On1nnc2ccccc21. The first-order chi connectivity index (χ1) is 16.8. The Morgan fingerprint density at radius 1 is 0.735 bits per heavy atom. The van der Waals surface area contributed by atoms with Crippen molar-refractivity contribution in [2.24, 2.45) is 0 Å². The van der Waals surface area contributed by atoms with Crippen LogP contribution in [0.5, 0.6) is 0 Å². The number of fused-ring (bicyclic) bond motifs is 1. The molecule has 5 nitrogen and oxygen atoms in total. The van der Waals surface area contributed by atoms with Crippen LogP contribution in [0, 0.1) is 0 Å². The molecule has 1 heterocycles. The van der Waals surface area contributed by atoms with Crippen LogP contribution in [0.15, 0.2) is 115 Å². The molecule has 0 N–H and O–H groups in total. The second-order valence-corrected chi connectivity index (χ2v) is 9.10. The summed E-state index contributed by atoms with van der Waals surface area (Å²) in [7, 11) is 0. The quantitative estimate of drug-likeness (QED) is 0.224. The lowest BCUT2D eigenvalue weighted by Gasteiger charge is -2.35. The van der Waals surface area contributed by atoms with Crippen LogP contribution in [0.3, 0.4) is 0 Å². The van der Waals surface area contributed by atoms with E-state index in [4.69, 9.17) is 4.84 Å². The maximum Gasteiger partial charge on any atom is 0.335 e. The van der Waals surface area contributed by atoms with E-state index in [1.165, 1.54) is 4.85 Å². The first-order valence-electron chi connectivity index (χ1n) is 11.1. The van der Waals surface area contributed by atoms with E-state index < -0.39 is 4.75 Å². The average Bonchev–Trinajstić information content (AvgIpc) is 3.31. The van der Waals surface area contributed by atoms with Crippen molar-refractivity contribution >= 4 is 28.8 Å². The summed E-state index contributed by atoms with van der Waals surface area (Å²) < 4.78 is -0.468. The van der Waals surface area contributed by atoms with Crippen LogP contribution in [0.1, 0.15) is 23.1 Å². The number of benzene rings is 4. The molecule has 0 bridgehead atoms. The average molecular weight is 466 g/mol. The maximum atomic E-state index is 12.7. The van der Waals surface area contributed by atoms with Crippen LogP contribution < -0.4 is 4.84 Å². The van der Waals surface area contributed by atoms with Gasteiger partial charge in [0.25, 0.3) is 0 Å². The zero-order valence-electron chi connectivity index (χ0n) is 18.5. The van der Waals surface area contributed by atoms with Gasteiger partial charge in [0.1, 0.15) is 11.0 Å². The van der Waals surface area contributed by atoms with Crippen molar-refractivity contribution in [3.05, 3.63) is 132 Å². The fourth-order valence-corrected chi connectivity index (χ4v) is 5.60. The van der Waals surface area contributed by atoms with Crippen LogP contribution in [-0.2, 0) is 9.54 Å². The minimum atomic E-state index is -0.468. The van der Waals surface area contributed by atoms with E-state index in [0.29, 0.717) is 16.8 Å². The van der Waals surface area contributed by atoms with Gasteiger partial charge in [0.15, 0.2) is 0 Å². The number of aromatic nitrogens is 3. The number of hydrogen-bond donors (Lipinski definition) is 0. The van der Waals surface area contributed by atoms with Crippen molar-refractivity contribution in [2.45, 2.75) is 11.2 Å². The monoisotopic (exact) mass is 465 g/mol. The van der Waals surface area contributed by atoms with Gasteiger partial charge in [-0.15, -0.1) is 16.9 Å². The molecule has 4 aromatic carbocycles. The lowest BCUT2D eigenvalue weighted by atomic mass is 9.84. The number of rotatable bonds is 8. The molecule has 0 radical (unpaired) electrons. The fraction of sp³-hybridized carbons (Fsp3) is 0.107. The van der Waals surface area contributed by atoms with Gasteiger partial charge in [0.2, 0.25) is 0 Å². The molecule has 168 valence electrons. The molecule has 0 saturated carbocycles. The summed E-state index contributed by atoms with van der Waals surface area (Å²) in [6, 6.07) is 38.7. The predicted molar refractivity (Wildman–Crippen MR) is 135 cm³/mol. The minimum Gasteiger partial charge on any atom is -0.317 e. The zero-order valence-corrected chi connectivity index (χ0v) is 19.3. The number of para-hydroxylation sites is 1. The molecule has 0 atom stereocenters. The summed E-state index contributed by atoms with van der Waals surface area (Å²) in [5.74, 6) is 0.204. The summed E-state index contributed by atoms with van der Waals surface area (Å²) in [6.07, 6.45) is 0.229. The molecule has 6 heteroatoms. The third-order valence-corrected chi connectivity index (χ3v) is 7.22. The Bertz CT molecular complexity index is 1280. The van der Waals surface area contributed by atoms with Gasteiger partial charge in [-0.3, -0.25) is 0 Å². The Morgan fingerprint density at radius 3 is 1.79 bits per heavy atom. The van der Waals surface area contributed by atoms with Crippen LogP contribution in [0.25, 0.3) is 11.0 Å². The smallest absolute Gasteiger partial charge is 0.317 e. The van der Waals surface area contributed by atoms with E-state index in [0.717, 1.165) is 16.7 Å². The summed E-state index contributed by atoms with van der Waals surface area (Å²) in [5, 5.41) is 7.99. The number of nitrogens with zero attached hydrogens (tertiary/aromatic N) is 3. The molecule has 5 rings (SSSR count).